The van der Waals surface area contributed by atoms with Crippen molar-refractivity contribution in [2.24, 2.45) is 13.0 Å². The number of nitrogens with zero attached hydrogens (tertiary/aromatic N) is 4. The third-order valence-corrected chi connectivity index (χ3v) is 6.16. The average molecular weight is 334 g/mol. The minimum Gasteiger partial charge on any atom is -0.321 e. The summed E-state index contributed by atoms with van der Waals surface area (Å²) in [7, 11) is -1.35. The molecule has 0 bridgehead atoms. The first-order chi connectivity index (χ1) is 11.0. The highest BCUT2D eigenvalue weighted by Gasteiger charge is 2.29. The number of aryl methyl sites for hydroxylation is 1. The van der Waals surface area contributed by atoms with E-state index >= 15 is 0 Å². The molecule has 2 aromatic rings. The maximum Gasteiger partial charge on any atom is 0.218 e. The van der Waals surface area contributed by atoms with E-state index in [0.717, 1.165) is 30.7 Å². The zero-order valence-corrected chi connectivity index (χ0v) is 14.1. The number of aromatic nitrogens is 3. The lowest BCUT2D eigenvalue weighted by atomic mass is 9.96. The largest absolute Gasteiger partial charge is 0.321 e. The maximum atomic E-state index is 12.7. The SMILES string of the molecule is Cn1cnnc1CC1CCCN(S(=O)(=O)Cc2ccccc2)C1. The van der Waals surface area contributed by atoms with Crippen LogP contribution in [0.25, 0.3) is 0 Å². The van der Waals surface area contributed by atoms with Gasteiger partial charge in [0.15, 0.2) is 0 Å². The van der Waals surface area contributed by atoms with E-state index in [-0.39, 0.29) is 5.75 Å². The van der Waals surface area contributed by atoms with Crippen LogP contribution in [0.4, 0.5) is 0 Å². The fourth-order valence-electron chi connectivity index (χ4n) is 3.07. The Morgan fingerprint density at radius 3 is 2.74 bits per heavy atom. The summed E-state index contributed by atoms with van der Waals surface area (Å²) in [6.45, 7) is 1.19. The molecular formula is C16H22N4O2S. The molecule has 0 aliphatic carbocycles. The van der Waals surface area contributed by atoms with Gasteiger partial charge in [-0.3, -0.25) is 0 Å². The third kappa shape index (κ3) is 3.97. The molecule has 0 radical (unpaired) electrons. The summed E-state index contributed by atoms with van der Waals surface area (Å²) < 4.78 is 28.9. The summed E-state index contributed by atoms with van der Waals surface area (Å²) in [6.07, 6.45) is 4.39. The summed E-state index contributed by atoms with van der Waals surface area (Å²) >= 11 is 0. The van der Waals surface area contributed by atoms with Crippen LogP contribution < -0.4 is 0 Å². The van der Waals surface area contributed by atoms with Crippen molar-refractivity contribution in [2.45, 2.75) is 25.0 Å². The molecule has 0 amide bonds. The number of rotatable bonds is 5. The Morgan fingerprint density at radius 1 is 1.26 bits per heavy atom. The first-order valence-corrected chi connectivity index (χ1v) is 9.50. The first kappa shape index (κ1) is 16.1. The van der Waals surface area contributed by atoms with Crippen LogP contribution in [0.15, 0.2) is 36.7 Å². The number of piperidine rings is 1. The second kappa shape index (κ2) is 6.80. The molecule has 0 saturated carbocycles. The Balaban J connectivity index is 1.66. The Labute approximate surface area is 137 Å². The number of hydrogen-bond donors (Lipinski definition) is 0. The molecule has 1 saturated heterocycles. The lowest BCUT2D eigenvalue weighted by Crippen LogP contribution is -2.41. The predicted octanol–water partition coefficient (Wildman–Crippen LogP) is 1.60. The van der Waals surface area contributed by atoms with E-state index in [0.29, 0.717) is 19.0 Å². The van der Waals surface area contributed by atoms with E-state index in [1.807, 2.05) is 41.9 Å². The molecule has 1 aliphatic rings. The molecule has 1 atom stereocenters. The summed E-state index contributed by atoms with van der Waals surface area (Å²) in [6, 6.07) is 9.36. The van der Waals surface area contributed by atoms with Crippen LogP contribution in [0.5, 0.6) is 0 Å². The fourth-order valence-corrected chi connectivity index (χ4v) is 4.71. The first-order valence-electron chi connectivity index (χ1n) is 7.89. The molecule has 2 heterocycles. The summed E-state index contributed by atoms with van der Waals surface area (Å²) in [4.78, 5) is 0. The maximum absolute atomic E-state index is 12.7. The number of benzene rings is 1. The fraction of sp³-hybridized carbons (Fsp3) is 0.500. The lowest BCUT2D eigenvalue weighted by Gasteiger charge is -2.31. The smallest absolute Gasteiger partial charge is 0.218 e. The number of hydrogen-bond acceptors (Lipinski definition) is 4. The zero-order valence-electron chi connectivity index (χ0n) is 13.3. The number of sulfonamides is 1. The van der Waals surface area contributed by atoms with Gasteiger partial charge < -0.3 is 4.57 Å². The van der Waals surface area contributed by atoms with Gasteiger partial charge in [0.1, 0.15) is 12.2 Å². The van der Waals surface area contributed by atoms with Gasteiger partial charge in [-0.15, -0.1) is 10.2 Å². The summed E-state index contributed by atoms with van der Waals surface area (Å²) in [5.41, 5.74) is 0.836. The minimum atomic E-state index is -3.27. The highest BCUT2D eigenvalue weighted by molar-refractivity contribution is 7.88. The average Bonchev–Trinajstić information content (AvgIpc) is 2.93. The highest BCUT2D eigenvalue weighted by atomic mass is 32.2. The van der Waals surface area contributed by atoms with E-state index in [2.05, 4.69) is 10.2 Å². The van der Waals surface area contributed by atoms with Crippen molar-refractivity contribution < 1.29 is 8.42 Å². The van der Waals surface area contributed by atoms with Crippen LogP contribution in [0, 0.1) is 5.92 Å². The van der Waals surface area contributed by atoms with E-state index in [4.69, 9.17) is 0 Å². The van der Waals surface area contributed by atoms with Crippen LogP contribution >= 0.6 is 0 Å². The van der Waals surface area contributed by atoms with Crippen molar-refractivity contribution in [3.8, 4) is 0 Å². The van der Waals surface area contributed by atoms with Gasteiger partial charge in [0.05, 0.1) is 5.75 Å². The van der Waals surface area contributed by atoms with Crippen molar-refractivity contribution in [3.05, 3.63) is 48.0 Å². The van der Waals surface area contributed by atoms with Gasteiger partial charge in [-0.2, -0.15) is 0 Å². The molecule has 7 heteroatoms. The minimum absolute atomic E-state index is 0.0739. The molecule has 0 spiro atoms. The Hall–Kier alpha value is -1.73. The van der Waals surface area contributed by atoms with E-state index in [1.54, 1.807) is 10.6 Å². The predicted molar refractivity (Wildman–Crippen MR) is 88.1 cm³/mol. The summed E-state index contributed by atoms with van der Waals surface area (Å²) in [5, 5.41) is 8.00. The third-order valence-electron chi connectivity index (χ3n) is 4.34. The van der Waals surface area contributed by atoms with Crippen molar-refractivity contribution >= 4 is 10.0 Å². The molecule has 6 nitrogen and oxygen atoms in total. The van der Waals surface area contributed by atoms with Crippen molar-refractivity contribution in [3.63, 3.8) is 0 Å². The molecule has 1 aromatic carbocycles. The highest BCUT2D eigenvalue weighted by Crippen LogP contribution is 2.23. The quantitative estimate of drug-likeness (QED) is 0.833. The Morgan fingerprint density at radius 2 is 2.04 bits per heavy atom. The van der Waals surface area contributed by atoms with Gasteiger partial charge in [-0.1, -0.05) is 30.3 Å². The standard InChI is InChI=1S/C16H22N4O2S/c1-19-13-17-18-16(19)10-15-8-5-9-20(11-15)23(21,22)12-14-6-3-2-4-7-14/h2-4,6-7,13,15H,5,8-12H2,1H3. The van der Waals surface area contributed by atoms with Gasteiger partial charge in [-0.05, 0) is 24.3 Å². The molecule has 3 rings (SSSR count). The van der Waals surface area contributed by atoms with Crippen LogP contribution in [-0.4, -0.2) is 40.6 Å². The summed E-state index contributed by atoms with van der Waals surface area (Å²) in [5.74, 6) is 1.29. The molecule has 124 valence electrons. The molecule has 1 aromatic heterocycles. The zero-order chi connectivity index (χ0) is 16.3. The molecule has 1 aliphatic heterocycles. The Bertz CT molecular complexity index is 742. The van der Waals surface area contributed by atoms with Crippen LogP contribution in [0.2, 0.25) is 0 Å². The molecule has 23 heavy (non-hydrogen) atoms. The van der Waals surface area contributed by atoms with Gasteiger partial charge in [-0.25, -0.2) is 12.7 Å². The lowest BCUT2D eigenvalue weighted by molar-refractivity contribution is 0.261. The van der Waals surface area contributed by atoms with Gasteiger partial charge in [0.2, 0.25) is 10.0 Å². The normalized spacial score (nSPS) is 19.8. The van der Waals surface area contributed by atoms with E-state index in [9.17, 15) is 8.42 Å². The monoisotopic (exact) mass is 334 g/mol. The van der Waals surface area contributed by atoms with Crippen molar-refractivity contribution in [1.29, 1.82) is 0 Å². The Kier molecular flexibility index (Phi) is 4.77. The van der Waals surface area contributed by atoms with Crippen molar-refractivity contribution in [1.82, 2.24) is 19.1 Å². The van der Waals surface area contributed by atoms with Crippen LogP contribution in [0.1, 0.15) is 24.2 Å². The van der Waals surface area contributed by atoms with Gasteiger partial charge in [0.25, 0.3) is 0 Å². The molecular weight excluding hydrogens is 312 g/mol. The van der Waals surface area contributed by atoms with Gasteiger partial charge >= 0.3 is 0 Å². The topological polar surface area (TPSA) is 68.1 Å². The van der Waals surface area contributed by atoms with E-state index < -0.39 is 10.0 Å². The van der Waals surface area contributed by atoms with Crippen molar-refractivity contribution in [2.75, 3.05) is 13.1 Å². The van der Waals surface area contributed by atoms with E-state index in [1.165, 1.54) is 0 Å². The molecule has 1 unspecified atom stereocenters. The second-order valence-corrected chi connectivity index (χ2v) is 8.14. The van der Waals surface area contributed by atoms with Gasteiger partial charge in [0, 0.05) is 26.6 Å². The van der Waals surface area contributed by atoms with Crippen LogP contribution in [-0.2, 0) is 29.2 Å². The molecule has 1 fully saturated rings. The second-order valence-electron chi connectivity index (χ2n) is 6.17. The van der Waals surface area contributed by atoms with Crippen LogP contribution in [0.3, 0.4) is 0 Å². The molecule has 0 N–H and O–H groups in total.